The van der Waals surface area contributed by atoms with Gasteiger partial charge in [0.2, 0.25) is 0 Å². The van der Waals surface area contributed by atoms with Crippen molar-refractivity contribution in [3.63, 3.8) is 0 Å². The molecule has 0 heterocycles. The Bertz CT molecular complexity index is 428. The summed E-state index contributed by atoms with van der Waals surface area (Å²) < 4.78 is 0. The van der Waals surface area contributed by atoms with Crippen molar-refractivity contribution >= 4 is 7.92 Å². The quantitative estimate of drug-likeness (QED) is 0.335. The van der Waals surface area contributed by atoms with Crippen molar-refractivity contribution in [2.75, 3.05) is 6.16 Å². The summed E-state index contributed by atoms with van der Waals surface area (Å²) in [6.45, 7) is 28.8. The van der Waals surface area contributed by atoms with Gasteiger partial charge in [-0.1, -0.05) is 62.6 Å². The predicted octanol–water partition coefficient (Wildman–Crippen LogP) is 7.64. The first-order chi connectivity index (χ1) is 9.44. The SMILES string of the molecule is C=C(C)C(=C(C)C)P(CC(C)(C)CC)C(C(=C)C)=C(C)C. The van der Waals surface area contributed by atoms with Gasteiger partial charge >= 0.3 is 0 Å². The maximum Gasteiger partial charge on any atom is -0.0185 e. The van der Waals surface area contributed by atoms with E-state index in [1.54, 1.807) is 0 Å². The molecule has 0 atom stereocenters. The summed E-state index contributed by atoms with van der Waals surface area (Å²) in [4.78, 5) is 0. The molecule has 0 aromatic rings. The van der Waals surface area contributed by atoms with Crippen LogP contribution >= 0.6 is 7.92 Å². The fourth-order valence-corrected chi connectivity index (χ4v) is 6.28. The van der Waals surface area contributed by atoms with Crippen molar-refractivity contribution in [3.05, 3.63) is 46.1 Å². The lowest BCUT2D eigenvalue weighted by molar-refractivity contribution is 0.405. The van der Waals surface area contributed by atoms with Crippen molar-refractivity contribution in [1.82, 2.24) is 0 Å². The van der Waals surface area contributed by atoms with Gasteiger partial charge in [0, 0.05) is 0 Å². The molecule has 0 nitrogen and oxygen atoms in total. The van der Waals surface area contributed by atoms with Crippen molar-refractivity contribution < 1.29 is 0 Å². The zero-order valence-electron chi connectivity index (χ0n) is 15.8. The van der Waals surface area contributed by atoms with Gasteiger partial charge in [-0.3, -0.25) is 0 Å². The zero-order valence-corrected chi connectivity index (χ0v) is 16.7. The minimum Gasteiger partial charge on any atom is -0.0955 e. The van der Waals surface area contributed by atoms with E-state index in [1.807, 2.05) is 0 Å². The summed E-state index contributed by atoms with van der Waals surface area (Å²) in [6.07, 6.45) is 2.41. The van der Waals surface area contributed by atoms with Crippen LogP contribution in [0.5, 0.6) is 0 Å². The first-order valence-corrected chi connectivity index (χ1v) is 9.41. The van der Waals surface area contributed by atoms with Crippen LogP contribution in [0.4, 0.5) is 0 Å². The van der Waals surface area contributed by atoms with E-state index in [2.05, 4.69) is 75.5 Å². The van der Waals surface area contributed by atoms with Crippen LogP contribution in [0.2, 0.25) is 0 Å². The van der Waals surface area contributed by atoms with Gasteiger partial charge in [0.15, 0.2) is 0 Å². The molecule has 0 saturated carbocycles. The summed E-state index contributed by atoms with van der Waals surface area (Å²) in [6, 6.07) is 0. The second kappa shape index (κ2) is 8.14. The van der Waals surface area contributed by atoms with Gasteiger partial charge in [-0.25, -0.2) is 0 Å². The molecule has 0 radical (unpaired) electrons. The highest BCUT2D eigenvalue weighted by Gasteiger charge is 2.28. The van der Waals surface area contributed by atoms with Crippen LogP contribution in [0.15, 0.2) is 46.1 Å². The molecule has 0 aromatic heterocycles. The van der Waals surface area contributed by atoms with E-state index in [4.69, 9.17) is 0 Å². The maximum absolute atomic E-state index is 4.26. The molecular weight excluding hydrogens is 271 g/mol. The van der Waals surface area contributed by atoms with Gasteiger partial charge in [-0.05, 0) is 71.7 Å². The molecule has 0 aromatic carbocycles. The van der Waals surface area contributed by atoms with E-state index in [0.29, 0.717) is 5.41 Å². The molecule has 0 unspecified atom stereocenters. The van der Waals surface area contributed by atoms with Crippen LogP contribution in [0.1, 0.15) is 68.7 Å². The molecule has 0 N–H and O–H groups in total. The van der Waals surface area contributed by atoms with E-state index in [9.17, 15) is 0 Å². The Kier molecular flexibility index (Phi) is 7.90. The lowest BCUT2D eigenvalue weighted by Crippen LogP contribution is -2.16. The molecule has 0 amide bonds. The standard InChI is InChI=1S/C20H35P/c1-12-20(10,11)13-21(18(14(2)3)15(4)5)19(16(6)7)17(8)9/h2,6,12-13H2,1,3-5,7-11H3. The maximum atomic E-state index is 4.26. The minimum atomic E-state index is -0.379. The molecule has 0 saturated heterocycles. The van der Waals surface area contributed by atoms with Gasteiger partial charge in [-0.15, -0.1) is 0 Å². The third-order valence-electron chi connectivity index (χ3n) is 3.84. The second-order valence-corrected chi connectivity index (χ2v) is 9.43. The average Bonchev–Trinajstić information content (AvgIpc) is 2.26. The van der Waals surface area contributed by atoms with E-state index < -0.39 is 0 Å². The summed E-state index contributed by atoms with van der Waals surface area (Å²) >= 11 is 0. The van der Waals surface area contributed by atoms with Crippen LogP contribution in [0, 0.1) is 5.41 Å². The van der Waals surface area contributed by atoms with Gasteiger partial charge in [0.1, 0.15) is 0 Å². The Balaban J connectivity index is 6.16. The topological polar surface area (TPSA) is 0 Å². The second-order valence-electron chi connectivity index (χ2n) is 7.36. The summed E-state index contributed by atoms with van der Waals surface area (Å²) in [7, 11) is -0.379. The fraction of sp³-hybridized carbons (Fsp3) is 0.600. The molecular formula is C20H35P. The fourth-order valence-electron chi connectivity index (χ4n) is 2.66. The van der Waals surface area contributed by atoms with Crippen molar-refractivity contribution in [3.8, 4) is 0 Å². The van der Waals surface area contributed by atoms with Gasteiger partial charge in [-0.2, -0.15) is 0 Å². The minimum absolute atomic E-state index is 0.345. The molecule has 21 heavy (non-hydrogen) atoms. The van der Waals surface area contributed by atoms with Crippen LogP contribution in [-0.2, 0) is 0 Å². The molecule has 0 fully saturated rings. The number of hydrogen-bond donors (Lipinski definition) is 0. The number of allylic oxidation sites excluding steroid dienone is 6. The van der Waals surface area contributed by atoms with E-state index in [1.165, 1.54) is 45.5 Å². The van der Waals surface area contributed by atoms with Gasteiger partial charge in [0.25, 0.3) is 0 Å². The molecule has 0 spiro atoms. The highest BCUT2D eigenvalue weighted by atomic mass is 31.1. The van der Waals surface area contributed by atoms with Crippen LogP contribution in [0.25, 0.3) is 0 Å². The molecule has 0 aliphatic carbocycles. The Morgan fingerprint density at radius 2 is 1.14 bits per heavy atom. The monoisotopic (exact) mass is 306 g/mol. The smallest absolute Gasteiger partial charge is 0.0185 e. The molecule has 120 valence electrons. The first kappa shape index (κ1) is 20.4. The highest BCUT2D eigenvalue weighted by Crippen LogP contribution is 2.61. The summed E-state index contributed by atoms with van der Waals surface area (Å²) in [5, 5.41) is 2.96. The van der Waals surface area contributed by atoms with Crippen LogP contribution < -0.4 is 0 Å². The Morgan fingerprint density at radius 1 is 0.810 bits per heavy atom. The van der Waals surface area contributed by atoms with Crippen molar-refractivity contribution in [2.45, 2.75) is 68.7 Å². The number of rotatable bonds is 7. The third-order valence-corrected chi connectivity index (χ3v) is 7.75. The molecule has 0 aliphatic heterocycles. The van der Waals surface area contributed by atoms with Crippen LogP contribution in [-0.4, -0.2) is 6.16 Å². The van der Waals surface area contributed by atoms with Gasteiger partial charge < -0.3 is 0 Å². The molecule has 0 bridgehead atoms. The number of hydrogen-bond acceptors (Lipinski definition) is 0. The highest BCUT2D eigenvalue weighted by molar-refractivity contribution is 7.67. The van der Waals surface area contributed by atoms with Crippen molar-refractivity contribution in [2.24, 2.45) is 5.41 Å². The normalized spacial score (nSPS) is 11.3. The van der Waals surface area contributed by atoms with Crippen LogP contribution in [0.3, 0.4) is 0 Å². The predicted molar refractivity (Wildman–Crippen MR) is 102 cm³/mol. The zero-order chi connectivity index (χ0) is 17.0. The third kappa shape index (κ3) is 5.95. The largest absolute Gasteiger partial charge is 0.0955 e. The van der Waals surface area contributed by atoms with E-state index >= 15 is 0 Å². The Morgan fingerprint density at radius 3 is 1.33 bits per heavy atom. The average molecular weight is 306 g/mol. The lowest BCUT2D eigenvalue weighted by Gasteiger charge is -2.34. The lowest BCUT2D eigenvalue weighted by atomic mass is 9.93. The van der Waals surface area contributed by atoms with E-state index in [-0.39, 0.29) is 7.92 Å². The molecule has 1 heteroatoms. The van der Waals surface area contributed by atoms with Crippen molar-refractivity contribution in [1.29, 1.82) is 0 Å². The van der Waals surface area contributed by atoms with Gasteiger partial charge in [0.05, 0.1) is 0 Å². The Labute approximate surface area is 134 Å². The van der Waals surface area contributed by atoms with E-state index in [0.717, 1.165) is 0 Å². The summed E-state index contributed by atoms with van der Waals surface area (Å²) in [5.74, 6) is 0. The summed E-state index contributed by atoms with van der Waals surface area (Å²) in [5.41, 5.74) is 5.58. The first-order valence-electron chi connectivity index (χ1n) is 7.88. The molecule has 0 rings (SSSR count). The Hall–Kier alpha value is -0.610. The molecule has 0 aliphatic rings.